The normalized spacial score (nSPS) is 11.4. The molecular weight excluding hydrogens is 428 g/mol. The summed E-state index contributed by atoms with van der Waals surface area (Å²) in [5, 5.41) is 48.3. The second-order valence-corrected chi connectivity index (χ2v) is 7.07. The van der Waals surface area contributed by atoms with Crippen LogP contribution in [0, 0.1) is 20.2 Å². The molecule has 4 aromatic rings. The SMILES string of the molecule is O=[N+]([O-])c1ccc(CSc2nnc3n(/N=C/c4ccc([N+](=O)[O-])cc4O)cnn23)cc1. The van der Waals surface area contributed by atoms with Crippen LogP contribution in [0.3, 0.4) is 0 Å². The molecule has 0 fully saturated rings. The molecule has 2 aromatic carbocycles. The Morgan fingerprint density at radius 2 is 1.77 bits per heavy atom. The molecule has 156 valence electrons. The van der Waals surface area contributed by atoms with Crippen LogP contribution in [0.25, 0.3) is 5.78 Å². The Bertz CT molecular complexity index is 1310. The van der Waals surface area contributed by atoms with E-state index in [1.165, 1.54) is 57.8 Å². The zero-order valence-corrected chi connectivity index (χ0v) is 16.3. The van der Waals surface area contributed by atoms with Crippen LogP contribution in [-0.2, 0) is 5.75 Å². The maximum atomic E-state index is 10.7. The maximum absolute atomic E-state index is 10.7. The number of nitro benzene ring substituents is 2. The third kappa shape index (κ3) is 4.18. The van der Waals surface area contributed by atoms with Crippen molar-refractivity contribution in [1.29, 1.82) is 0 Å². The molecule has 0 unspecified atom stereocenters. The quantitative estimate of drug-likeness (QED) is 0.196. The third-order valence-electron chi connectivity index (χ3n) is 4.14. The zero-order valence-electron chi connectivity index (χ0n) is 15.5. The van der Waals surface area contributed by atoms with Gasteiger partial charge in [-0.25, -0.2) is 0 Å². The van der Waals surface area contributed by atoms with Crippen molar-refractivity contribution in [3.63, 3.8) is 0 Å². The molecule has 4 rings (SSSR count). The summed E-state index contributed by atoms with van der Waals surface area (Å²) in [7, 11) is 0. The van der Waals surface area contributed by atoms with E-state index in [0.29, 0.717) is 16.7 Å². The molecule has 0 atom stereocenters. The highest BCUT2D eigenvalue weighted by molar-refractivity contribution is 7.98. The highest BCUT2D eigenvalue weighted by Gasteiger charge is 2.13. The van der Waals surface area contributed by atoms with Gasteiger partial charge in [-0.3, -0.25) is 20.2 Å². The van der Waals surface area contributed by atoms with Crippen LogP contribution in [0.2, 0.25) is 0 Å². The molecule has 31 heavy (non-hydrogen) atoms. The number of nitro groups is 2. The number of phenols is 1. The second kappa shape index (κ2) is 8.19. The van der Waals surface area contributed by atoms with Crippen LogP contribution in [-0.4, -0.2) is 45.7 Å². The van der Waals surface area contributed by atoms with Gasteiger partial charge in [-0.2, -0.15) is 19.4 Å². The zero-order chi connectivity index (χ0) is 22.0. The van der Waals surface area contributed by atoms with Gasteiger partial charge in [-0.05, 0) is 11.6 Å². The topological polar surface area (TPSA) is 167 Å². The third-order valence-corrected chi connectivity index (χ3v) is 5.13. The molecule has 1 N–H and O–H groups in total. The van der Waals surface area contributed by atoms with Crippen LogP contribution in [0.4, 0.5) is 11.4 Å². The number of hydrogen-bond acceptors (Lipinski definition) is 10. The summed E-state index contributed by atoms with van der Waals surface area (Å²) >= 11 is 1.35. The minimum absolute atomic E-state index is 0.0225. The molecule has 0 aliphatic rings. The summed E-state index contributed by atoms with van der Waals surface area (Å²) in [6.07, 6.45) is 2.72. The largest absolute Gasteiger partial charge is 0.507 e. The fraction of sp³-hybridized carbons (Fsp3) is 0.0588. The van der Waals surface area contributed by atoms with Crippen molar-refractivity contribution >= 4 is 35.1 Å². The highest BCUT2D eigenvalue weighted by Crippen LogP contribution is 2.24. The van der Waals surface area contributed by atoms with E-state index in [0.717, 1.165) is 11.6 Å². The molecule has 0 amide bonds. The molecule has 0 spiro atoms. The van der Waals surface area contributed by atoms with E-state index in [1.54, 1.807) is 12.1 Å². The van der Waals surface area contributed by atoms with Crippen molar-refractivity contribution in [3.8, 4) is 5.75 Å². The van der Waals surface area contributed by atoms with Crippen LogP contribution in [0.5, 0.6) is 5.75 Å². The predicted octanol–water partition coefficient (Wildman–Crippen LogP) is 2.62. The standard InChI is InChI=1S/C17H12N8O5S/c26-15-7-14(25(29)30)6-3-12(15)8-18-22-10-19-23-16(22)20-21-17(23)31-9-11-1-4-13(5-2-11)24(27)28/h1-8,10,26H,9H2/b18-8+. The minimum Gasteiger partial charge on any atom is -0.507 e. The van der Waals surface area contributed by atoms with Gasteiger partial charge in [0, 0.05) is 29.5 Å². The second-order valence-electron chi connectivity index (χ2n) is 6.13. The smallest absolute Gasteiger partial charge is 0.275 e. The number of benzene rings is 2. The number of phenolic OH excluding ortho intramolecular Hbond substituents is 1. The van der Waals surface area contributed by atoms with Crippen LogP contribution < -0.4 is 0 Å². The van der Waals surface area contributed by atoms with E-state index < -0.39 is 9.85 Å². The first-order chi connectivity index (χ1) is 14.9. The summed E-state index contributed by atoms with van der Waals surface area (Å²) in [5.74, 6) is 0.546. The van der Waals surface area contributed by atoms with E-state index in [1.807, 2.05) is 0 Å². The van der Waals surface area contributed by atoms with E-state index in [-0.39, 0.29) is 22.7 Å². The van der Waals surface area contributed by atoms with Crippen molar-refractivity contribution in [1.82, 2.24) is 24.5 Å². The van der Waals surface area contributed by atoms with Crippen molar-refractivity contribution in [2.45, 2.75) is 10.9 Å². The molecule has 2 heterocycles. The first-order valence-electron chi connectivity index (χ1n) is 8.59. The minimum atomic E-state index is -0.605. The Balaban J connectivity index is 1.49. The molecule has 14 heteroatoms. The van der Waals surface area contributed by atoms with E-state index in [9.17, 15) is 25.3 Å². The Hall–Kier alpha value is -4.33. The van der Waals surface area contributed by atoms with Crippen molar-refractivity contribution in [2.75, 3.05) is 0 Å². The summed E-state index contributed by atoms with van der Waals surface area (Å²) in [5.41, 5.74) is 0.948. The molecule has 0 aliphatic heterocycles. The number of thioether (sulfide) groups is 1. The number of fused-ring (bicyclic) bond motifs is 1. The monoisotopic (exact) mass is 440 g/mol. The van der Waals surface area contributed by atoms with Crippen LogP contribution in [0.15, 0.2) is 59.0 Å². The molecule has 0 saturated carbocycles. The van der Waals surface area contributed by atoms with Crippen molar-refractivity contribution < 1.29 is 15.0 Å². The fourth-order valence-corrected chi connectivity index (χ4v) is 3.40. The molecule has 0 radical (unpaired) electrons. The molecule has 0 bridgehead atoms. The molecular formula is C17H12N8O5S. The van der Waals surface area contributed by atoms with Crippen LogP contribution in [0.1, 0.15) is 11.1 Å². The average Bonchev–Trinajstić information content (AvgIpc) is 3.34. The molecule has 0 aliphatic carbocycles. The van der Waals surface area contributed by atoms with Crippen LogP contribution >= 0.6 is 11.8 Å². The predicted molar refractivity (Wildman–Crippen MR) is 109 cm³/mol. The lowest BCUT2D eigenvalue weighted by molar-refractivity contribution is -0.385. The van der Waals surface area contributed by atoms with Gasteiger partial charge >= 0.3 is 0 Å². The maximum Gasteiger partial charge on any atom is 0.275 e. The first kappa shape index (κ1) is 20.0. The summed E-state index contributed by atoms with van der Waals surface area (Å²) in [4.78, 5) is 20.4. The number of aromatic nitrogens is 5. The molecule has 13 nitrogen and oxygen atoms in total. The highest BCUT2D eigenvalue weighted by atomic mass is 32.2. The fourth-order valence-electron chi connectivity index (χ4n) is 2.57. The Morgan fingerprint density at radius 1 is 1.06 bits per heavy atom. The van der Waals surface area contributed by atoms with Gasteiger partial charge in [0.05, 0.1) is 22.1 Å². The molecule has 0 saturated heterocycles. The number of nitrogens with zero attached hydrogens (tertiary/aromatic N) is 8. The van der Waals surface area contributed by atoms with E-state index >= 15 is 0 Å². The van der Waals surface area contributed by atoms with Gasteiger partial charge < -0.3 is 5.11 Å². The van der Waals surface area contributed by atoms with Gasteiger partial charge in [0.15, 0.2) is 0 Å². The van der Waals surface area contributed by atoms with E-state index in [4.69, 9.17) is 0 Å². The lowest BCUT2D eigenvalue weighted by Crippen LogP contribution is -1.93. The Kier molecular flexibility index (Phi) is 5.28. The number of rotatable bonds is 7. The van der Waals surface area contributed by atoms with Crippen molar-refractivity contribution in [3.05, 3.63) is 80.1 Å². The summed E-state index contributed by atoms with van der Waals surface area (Å²) in [6, 6.07) is 9.88. The first-order valence-corrected chi connectivity index (χ1v) is 9.57. The van der Waals surface area contributed by atoms with Gasteiger partial charge in [0.1, 0.15) is 12.1 Å². The number of hydrogen-bond donors (Lipinski definition) is 1. The average molecular weight is 440 g/mol. The lowest BCUT2D eigenvalue weighted by Gasteiger charge is -1.99. The Labute approximate surface area is 176 Å². The Morgan fingerprint density at radius 3 is 2.45 bits per heavy atom. The van der Waals surface area contributed by atoms with E-state index in [2.05, 4.69) is 20.4 Å². The van der Waals surface area contributed by atoms with Crippen molar-refractivity contribution in [2.24, 2.45) is 5.10 Å². The van der Waals surface area contributed by atoms with Gasteiger partial charge in [-0.1, -0.05) is 23.9 Å². The van der Waals surface area contributed by atoms with Gasteiger partial charge in [0.2, 0.25) is 5.16 Å². The van der Waals surface area contributed by atoms with Gasteiger partial charge in [0.25, 0.3) is 17.2 Å². The number of non-ortho nitro benzene ring substituents is 2. The number of aromatic hydroxyl groups is 1. The summed E-state index contributed by atoms with van der Waals surface area (Å²) < 4.78 is 2.81. The molecule has 2 aromatic heterocycles. The summed E-state index contributed by atoms with van der Waals surface area (Å²) in [6.45, 7) is 0. The van der Waals surface area contributed by atoms with Gasteiger partial charge in [-0.15, -0.1) is 10.2 Å². The lowest BCUT2D eigenvalue weighted by atomic mass is 10.2.